The summed E-state index contributed by atoms with van der Waals surface area (Å²) in [6, 6.07) is 13.3. The predicted octanol–water partition coefficient (Wildman–Crippen LogP) is 4.50. The Morgan fingerprint density at radius 3 is 2.57 bits per heavy atom. The molecule has 1 aliphatic rings. The number of para-hydroxylation sites is 1. The Hall–Kier alpha value is -2.47. The average molecular weight is 397 g/mol. The molecule has 5 nitrogen and oxygen atoms in total. The summed E-state index contributed by atoms with van der Waals surface area (Å²) in [6.07, 6.45) is 4.88. The van der Waals surface area contributed by atoms with Gasteiger partial charge < -0.3 is 9.47 Å². The third-order valence-corrected chi connectivity index (χ3v) is 6.52. The Morgan fingerprint density at radius 2 is 1.82 bits per heavy atom. The number of fused-ring (bicyclic) bond motifs is 1. The molecule has 1 aromatic heterocycles. The highest BCUT2D eigenvalue weighted by molar-refractivity contribution is 7.99. The topological polar surface area (TPSA) is 53.4 Å². The first-order valence-electron chi connectivity index (χ1n) is 9.56. The fourth-order valence-electron chi connectivity index (χ4n) is 3.69. The van der Waals surface area contributed by atoms with E-state index in [0.717, 1.165) is 16.2 Å². The van der Waals surface area contributed by atoms with E-state index in [1.807, 2.05) is 42.5 Å². The van der Waals surface area contributed by atoms with Crippen molar-refractivity contribution >= 4 is 22.7 Å². The van der Waals surface area contributed by atoms with Crippen molar-refractivity contribution in [3.8, 4) is 11.5 Å². The van der Waals surface area contributed by atoms with Gasteiger partial charge in [0.2, 0.25) is 0 Å². The number of rotatable bonds is 6. The molecule has 3 aromatic rings. The third kappa shape index (κ3) is 3.74. The lowest BCUT2D eigenvalue weighted by atomic mass is 10.2. The van der Waals surface area contributed by atoms with Crippen molar-refractivity contribution in [1.29, 1.82) is 0 Å². The van der Waals surface area contributed by atoms with Gasteiger partial charge in [0.15, 0.2) is 16.7 Å². The summed E-state index contributed by atoms with van der Waals surface area (Å²) in [6.45, 7) is 0.450. The van der Waals surface area contributed by atoms with Crippen LogP contribution in [0.5, 0.6) is 11.5 Å². The van der Waals surface area contributed by atoms with Gasteiger partial charge in [-0.3, -0.25) is 9.36 Å². The molecule has 0 bridgehead atoms. The van der Waals surface area contributed by atoms with E-state index in [0.29, 0.717) is 28.7 Å². The quantitative estimate of drug-likeness (QED) is 0.575. The highest BCUT2D eigenvalue weighted by atomic mass is 32.2. The van der Waals surface area contributed by atoms with E-state index < -0.39 is 0 Å². The zero-order chi connectivity index (χ0) is 19.5. The number of hydrogen-bond donors (Lipinski definition) is 0. The Morgan fingerprint density at radius 1 is 1.07 bits per heavy atom. The first-order valence-corrected chi connectivity index (χ1v) is 10.4. The van der Waals surface area contributed by atoms with Gasteiger partial charge in [-0.2, -0.15) is 0 Å². The van der Waals surface area contributed by atoms with E-state index >= 15 is 0 Å². The minimum atomic E-state index is 0.000817. The van der Waals surface area contributed by atoms with Crippen molar-refractivity contribution in [2.24, 2.45) is 0 Å². The van der Waals surface area contributed by atoms with Crippen molar-refractivity contribution < 1.29 is 9.47 Å². The normalized spacial score (nSPS) is 14.5. The van der Waals surface area contributed by atoms with E-state index in [9.17, 15) is 4.79 Å². The van der Waals surface area contributed by atoms with Crippen LogP contribution in [0.25, 0.3) is 10.9 Å². The molecule has 4 rings (SSSR count). The van der Waals surface area contributed by atoms with Gasteiger partial charge in [0.05, 0.1) is 31.7 Å². The van der Waals surface area contributed by atoms with Crippen LogP contribution in [0.3, 0.4) is 0 Å². The number of thioether (sulfide) groups is 1. The van der Waals surface area contributed by atoms with Gasteiger partial charge in [-0.05, 0) is 42.7 Å². The van der Waals surface area contributed by atoms with Crippen LogP contribution in [-0.4, -0.2) is 29.0 Å². The summed E-state index contributed by atoms with van der Waals surface area (Å²) in [5.41, 5.74) is 1.74. The molecule has 6 heteroatoms. The van der Waals surface area contributed by atoms with Gasteiger partial charge in [-0.1, -0.05) is 42.8 Å². The predicted molar refractivity (Wildman–Crippen MR) is 113 cm³/mol. The van der Waals surface area contributed by atoms with Crippen LogP contribution in [0.1, 0.15) is 31.2 Å². The highest BCUT2D eigenvalue weighted by Gasteiger charge is 2.20. The summed E-state index contributed by atoms with van der Waals surface area (Å²) in [4.78, 5) is 18.1. The molecule has 1 aliphatic carbocycles. The van der Waals surface area contributed by atoms with Crippen LogP contribution in [0, 0.1) is 0 Å². The van der Waals surface area contributed by atoms with Crippen molar-refractivity contribution in [1.82, 2.24) is 9.55 Å². The lowest BCUT2D eigenvalue weighted by molar-refractivity contribution is 0.354. The molecule has 1 saturated carbocycles. The molecule has 28 heavy (non-hydrogen) atoms. The number of hydrogen-bond acceptors (Lipinski definition) is 5. The fourth-order valence-corrected chi connectivity index (χ4v) is 4.99. The zero-order valence-electron chi connectivity index (χ0n) is 16.2. The Balaban J connectivity index is 1.77. The van der Waals surface area contributed by atoms with Crippen molar-refractivity contribution in [3.05, 3.63) is 58.4 Å². The standard InChI is InChI=1S/C22H24N2O3S/c1-26-19-12-11-15(13-20(19)27-2)14-24-21(25)17-9-5-6-10-18(17)23-22(24)28-16-7-3-4-8-16/h5-6,9-13,16H,3-4,7-8,14H2,1-2H3. The van der Waals surface area contributed by atoms with E-state index in [1.165, 1.54) is 25.7 Å². The summed E-state index contributed by atoms with van der Waals surface area (Å²) in [7, 11) is 3.23. The maximum absolute atomic E-state index is 13.3. The Labute approximate surface area is 168 Å². The van der Waals surface area contributed by atoms with Crippen LogP contribution < -0.4 is 15.0 Å². The summed E-state index contributed by atoms with van der Waals surface area (Å²) in [5, 5.41) is 1.98. The second kappa shape index (κ2) is 8.27. The van der Waals surface area contributed by atoms with Gasteiger partial charge in [0.25, 0.3) is 5.56 Å². The molecule has 0 N–H and O–H groups in total. The molecule has 0 amide bonds. The second-order valence-electron chi connectivity index (χ2n) is 7.02. The minimum absolute atomic E-state index is 0.000817. The Bertz CT molecular complexity index is 1040. The fraction of sp³-hybridized carbons (Fsp3) is 0.364. The van der Waals surface area contributed by atoms with E-state index in [4.69, 9.17) is 14.5 Å². The van der Waals surface area contributed by atoms with Crippen molar-refractivity contribution in [2.75, 3.05) is 14.2 Å². The molecule has 1 heterocycles. The monoisotopic (exact) mass is 396 g/mol. The van der Waals surface area contributed by atoms with Crippen molar-refractivity contribution in [3.63, 3.8) is 0 Å². The van der Waals surface area contributed by atoms with E-state index in [1.54, 1.807) is 30.5 Å². The zero-order valence-corrected chi connectivity index (χ0v) is 17.0. The summed E-state index contributed by atoms with van der Waals surface area (Å²) in [5.74, 6) is 1.34. The van der Waals surface area contributed by atoms with Crippen LogP contribution >= 0.6 is 11.8 Å². The summed E-state index contributed by atoms with van der Waals surface area (Å²) >= 11 is 1.74. The van der Waals surface area contributed by atoms with Crippen LogP contribution in [0.2, 0.25) is 0 Å². The molecule has 0 saturated heterocycles. The number of methoxy groups -OCH3 is 2. The largest absolute Gasteiger partial charge is 0.493 e. The smallest absolute Gasteiger partial charge is 0.262 e. The van der Waals surface area contributed by atoms with Gasteiger partial charge in [0.1, 0.15) is 0 Å². The maximum Gasteiger partial charge on any atom is 0.262 e. The summed E-state index contributed by atoms with van der Waals surface area (Å²) < 4.78 is 12.5. The van der Waals surface area contributed by atoms with Crippen LogP contribution in [0.15, 0.2) is 52.4 Å². The molecular formula is C22H24N2O3S. The lowest BCUT2D eigenvalue weighted by Crippen LogP contribution is -2.24. The maximum atomic E-state index is 13.3. The second-order valence-corrected chi connectivity index (χ2v) is 8.28. The first kappa shape index (κ1) is 18.9. The van der Waals surface area contributed by atoms with Gasteiger partial charge in [0, 0.05) is 5.25 Å². The molecule has 0 atom stereocenters. The molecule has 0 spiro atoms. The van der Waals surface area contributed by atoms with Gasteiger partial charge >= 0.3 is 0 Å². The van der Waals surface area contributed by atoms with Crippen LogP contribution in [-0.2, 0) is 6.54 Å². The minimum Gasteiger partial charge on any atom is -0.493 e. The van der Waals surface area contributed by atoms with Gasteiger partial charge in [-0.25, -0.2) is 4.98 Å². The molecule has 146 valence electrons. The number of nitrogens with zero attached hydrogens (tertiary/aromatic N) is 2. The molecule has 1 fully saturated rings. The molecule has 0 unspecified atom stereocenters. The lowest BCUT2D eigenvalue weighted by Gasteiger charge is -2.16. The number of ether oxygens (including phenoxy) is 2. The average Bonchev–Trinajstić information content (AvgIpc) is 3.24. The van der Waals surface area contributed by atoms with E-state index in [2.05, 4.69) is 0 Å². The van der Waals surface area contributed by atoms with Gasteiger partial charge in [-0.15, -0.1) is 0 Å². The number of aromatic nitrogens is 2. The highest BCUT2D eigenvalue weighted by Crippen LogP contribution is 2.34. The molecule has 2 aromatic carbocycles. The van der Waals surface area contributed by atoms with E-state index in [-0.39, 0.29) is 5.56 Å². The Kier molecular flexibility index (Phi) is 5.57. The number of benzene rings is 2. The molecule has 0 aliphatic heterocycles. The van der Waals surface area contributed by atoms with Crippen LogP contribution in [0.4, 0.5) is 0 Å². The van der Waals surface area contributed by atoms with Crippen molar-refractivity contribution in [2.45, 2.75) is 42.6 Å². The molecular weight excluding hydrogens is 372 g/mol. The first-order chi connectivity index (χ1) is 13.7. The third-order valence-electron chi connectivity index (χ3n) is 5.19. The SMILES string of the molecule is COc1ccc(Cn2c(SC3CCCC3)nc3ccccc3c2=O)cc1OC. The molecule has 0 radical (unpaired) electrons.